The molecule has 2 unspecified atom stereocenters. The van der Waals surface area contributed by atoms with Crippen molar-refractivity contribution in [2.75, 3.05) is 20.2 Å². The van der Waals surface area contributed by atoms with E-state index in [9.17, 15) is 9.59 Å². The number of nitrogens with zero attached hydrogens (tertiary/aromatic N) is 1. The summed E-state index contributed by atoms with van der Waals surface area (Å²) in [5.41, 5.74) is 8.10. The van der Waals surface area contributed by atoms with E-state index in [1.165, 1.54) is 0 Å². The second-order valence-corrected chi connectivity index (χ2v) is 6.79. The Morgan fingerprint density at radius 2 is 1.93 bits per heavy atom. The van der Waals surface area contributed by atoms with Crippen LogP contribution in [0.15, 0.2) is 54.6 Å². The number of rotatable bonds is 7. The van der Waals surface area contributed by atoms with Crippen molar-refractivity contribution in [3.63, 3.8) is 0 Å². The fourth-order valence-electron chi connectivity index (χ4n) is 3.22. The van der Waals surface area contributed by atoms with E-state index in [1.54, 1.807) is 12.0 Å². The van der Waals surface area contributed by atoms with Crippen molar-refractivity contribution in [3.8, 4) is 5.75 Å². The zero-order chi connectivity index (χ0) is 19.2. The highest BCUT2D eigenvalue weighted by atomic mass is 16.5. The first kappa shape index (κ1) is 18.9. The van der Waals surface area contributed by atoms with E-state index in [4.69, 9.17) is 10.5 Å². The van der Waals surface area contributed by atoms with Crippen molar-refractivity contribution in [1.82, 2.24) is 10.2 Å². The molecule has 1 fully saturated rings. The standard InChI is InChI=1S/C21H25N3O3/c1-27-18-9-7-15(8-10-18)13-24-14-17(11-20(24)25)21(26)23-12-19(22)16-5-3-2-4-6-16/h2-10,17,19H,11-14,22H2,1H3,(H,23,26). The molecule has 2 aromatic rings. The predicted octanol–water partition coefficient (Wildman–Crippen LogP) is 1.86. The molecule has 3 rings (SSSR count). The van der Waals surface area contributed by atoms with Gasteiger partial charge in [-0.2, -0.15) is 0 Å². The van der Waals surface area contributed by atoms with Gasteiger partial charge in [-0.1, -0.05) is 42.5 Å². The second kappa shape index (κ2) is 8.68. The van der Waals surface area contributed by atoms with Crippen molar-refractivity contribution in [1.29, 1.82) is 0 Å². The van der Waals surface area contributed by atoms with Crippen molar-refractivity contribution in [2.45, 2.75) is 19.0 Å². The summed E-state index contributed by atoms with van der Waals surface area (Å²) in [5.74, 6) is 0.322. The zero-order valence-corrected chi connectivity index (χ0v) is 15.4. The van der Waals surface area contributed by atoms with Crippen LogP contribution in [0, 0.1) is 5.92 Å². The molecule has 27 heavy (non-hydrogen) atoms. The summed E-state index contributed by atoms with van der Waals surface area (Å²) in [6.45, 7) is 1.28. The fraction of sp³-hybridized carbons (Fsp3) is 0.333. The Balaban J connectivity index is 1.50. The lowest BCUT2D eigenvalue weighted by molar-refractivity contribution is -0.129. The van der Waals surface area contributed by atoms with Crippen LogP contribution in [-0.2, 0) is 16.1 Å². The van der Waals surface area contributed by atoms with Gasteiger partial charge in [0, 0.05) is 32.1 Å². The SMILES string of the molecule is COc1ccc(CN2CC(C(=O)NCC(N)c3ccccc3)CC2=O)cc1. The van der Waals surface area contributed by atoms with Crippen LogP contribution in [0.3, 0.4) is 0 Å². The minimum absolute atomic E-state index is 0.00155. The molecular weight excluding hydrogens is 342 g/mol. The molecule has 2 amide bonds. The first-order valence-electron chi connectivity index (χ1n) is 9.05. The van der Waals surface area contributed by atoms with Crippen molar-refractivity contribution >= 4 is 11.8 Å². The first-order valence-corrected chi connectivity index (χ1v) is 9.05. The van der Waals surface area contributed by atoms with Crippen LogP contribution in [0.1, 0.15) is 23.6 Å². The Morgan fingerprint density at radius 3 is 2.59 bits per heavy atom. The molecule has 0 spiro atoms. The largest absolute Gasteiger partial charge is 0.497 e. The topological polar surface area (TPSA) is 84.7 Å². The monoisotopic (exact) mass is 367 g/mol. The lowest BCUT2D eigenvalue weighted by atomic mass is 10.1. The molecule has 0 bridgehead atoms. The van der Waals surface area contributed by atoms with Crippen LogP contribution in [-0.4, -0.2) is 36.9 Å². The third kappa shape index (κ3) is 4.86. The van der Waals surface area contributed by atoms with Gasteiger partial charge in [-0.15, -0.1) is 0 Å². The molecule has 2 atom stereocenters. The zero-order valence-electron chi connectivity index (χ0n) is 15.4. The maximum atomic E-state index is 12.4. The van der Waals surface area contributed by atoms with E-state index in [0.29, 0.717) is 19.6 Å². The number of likely N-dealkylation sites (tertiary alicyclic amines) is 1. The number of carbonyl (C=O) groups is 2. The predicted molar refractivity (Wildman–Crippen MR) is 103 cm³/mol. The highest BCUT2D eigenvalue weighted by Crippen LogP contribution is 2.21. The maximum Gasteiger partial charge on any atom is 0.225 e. The highest BCUT2D eigenvalue weighted by molar-refractivity contribution is 5.89. The van der Waals surface area contributed by atoms with Crippen molar-refractivity contribution in [2.24, 2.45) is 11.7 Å². The summed E-state index contributed by atoms with van der Waals surface area (Å²) < 4.78 is 5.14. The van der Waals surface area contributed by atoms with Crippen molar-refractivity contribution < 1.29 is 14.3 Å². The molecule has 0 radical (unpaired) electrons. The number of methoxy groups -OCH3 is 1. The number of ether oxygens (including phenoxy) is 1. The molecule has 2 aromatic carbocycles. The van der Waals surface area contributed by atoms with E-state index in [1.807, 2.05) is 54.6 Å². The molecule has 0 aliphatic carbocycles. The molecule has 3 N–H and O–H groups in total. The van der Waals surface area contributed by atoms with E-state index in [-0.39, 0.29) is 30.2 Å². The van der Waals surface area contributed by atoms with Gasteiger partial charge < -0.3 is 20.7 Å². The molecule has 6 heteroatoms. The molecular formula is C21H25N3O3. The average molecular weight is 367 g/mol. The number of benzene rings is 2. The third-order valence-corrected chi connectivity index (χ3v) is 4.84. The van der Waals surface area contributed by atoms with Gasteiger partial charge in [0.05, 0.1) is 13.0 Å². The van der Waals surface area contributed by atoms with Gasteiger partial charge in [-0.25, -0.2) is 0 Å². The normalized spacial score (nSPS) is 17.6. The van der Waals surface area contributed by atoms with Crippen molar-refractivity contribution in [3.05, 3.63) is 65.7 Å². The average Bonchev–Trinajstić information content (AvgIpc) is 3.07. The van der Waals surface area contributed by atoms with Gasteiger partial charge in [0.1, 0.15) is 5.75 Å². The van der Waals surface area contributed by atoms with Gasteiger partial charge in [0.2, 0.25) is 11.8 Å². The fourth-order valence-corrected chi connectivity index (χ4v) is 3.22. The lowest BCUT2D eigenvalue weighted by Crippen LogP contribution is -2.37. The Kier molecular flexibility index (Phi) is 6.08. The summed E-state index contributed by atoms with van der Waals surface area (Å²) in [6.07, 6.45) is 0.239. The van der Waals surface area contributed by atoms with Crippen LogP contribution in [0.25, 0.3) is 0 Å². The van der Waals surface area contributed by atoms with Crippen LogP contribution in [0.2, 0.25) is 0 Å². The molecule has 0 aromatic heterocycles. The minimum atomic E-state index is -0.335. The minimum Gasteiger partial charge on any atom is -0.497 e. The van der Waals surface area contributed by atoms with E-state index < -0.39 is 0 Å². The summed E-state index contributed by atoms with van der Waals surface area (Å²) >= 11 is 0. The molecule has 6 nitrogen and oxygen atoms in total. The van der Waals surface area contributed by atoms with Gasteiger partial charge in [0.15, 0.2) is 0 Å². The maximum absolute atomic E-state index is 12.4. The lowest BCUT2D eigenvalue weighted by Gasteiger charge is -2.18. The smallest absolute Gasteiger partial charge is 0.225 e. The van der Waals surface area contributed by atoms with Crippen LogP contribution in [0.5, 0.6) is 5.75 Å². The van der Waals surface area contributed by atoms with Gasteiger partial charge in [-0.3, -0.25) is 9.59 Å². The highest BCUT2D eigenvalue weighted by Gasteiger charge is 2.34. The van der Waals surface area contributed by atoms with E-state index in [0.717, 1.165) is 16.9 Å². The number of amides is 2. The molecule has 1 aliphatic heterocycles. The molecule has 142 valence electrons. The molecule has 1 aliphatic rings. The number of nitrogens with two attached hydrogens (primary N) is 1. The summed E-state index contributed by atoms with van der Waals surface area (Å²) in [6, 6.07) is 17.0. The quantitative estimate of drug-likeness (QED) is 0.782. The van der Waals surface area contributed by atoms with Crippen LogP contribution in [0.4, 0.5) is 0 Å². The first-order chi connectivity index (χ1) is 13.1. The summed E-state index contributed by atoms with van der Waals surface area (Å²) in [5, 5.41) is 2.88. The molecule has 1 saturated heterocycles. The van der Waals surface area contributed by atoms with Crippen LogP contribution < -0.4 is 15.8 Å². The number of hydrogen-bond acceptors (Lipinski definition) is 4. The Hall–Kier alpha value is -2.86. The summed E-state index contributed by atoms with van der Waals surface area (Å²) in [7, 11) is 1.62. The molecule has 0 saturated carbocycles. The number of nitrogens with one attached hydrogen (secondary N) is 1. The Bertz CT molecular complexity index is 777. The van der Waals surface area contributed by atoms with Crippen LogP contribution >= 0.6 is 0 Å². The van der Waals surface area contributed by atoms with Gasteiger partial charge in [0.25, 0.3) is 0 Å². The third-order valence-electron chi connectivity index (χ3n) is 4.84. The number of carbonyl (C=O) groups excluding carboxylic acids is 2. The van der Waals surface area contributed by atoms with Gasteiger partial charge >= 0.3 is 0 Å². The molecule has 1 heterocycles. The van der Waals surface area contributed by atoms with Gasteiger partial charge in [-0.05, 0) is 23.3 Å². The van der Waals surface area contributed by atoms with E-state index in [2.05, 4.69) is 5.32 Å². The summed E-state index contributed by atoms with van der Waals surface area (Å²) in [4.78, 5) is 26.4. The Labute approximate surface area is 159 Å². The number of hydrogen-bond donors (Lipinski definition) is 2. The second-order valence-electron chi connectivity index (χ2n) is 6.79. The van der Waals surface area contributed by atoms with E-state index >= 15 is 0 Å². The Morgan fingerprint density at radius 1 is 1.22 bits per heavy atom.